The van der Waals surface area contributed by atoms with E-state index in [0.717, 1.165) is 23.3 Å². The Morgan fingerprint density at radius 2 is 1.67 bits per heavy atom. The molecule has 2 rings (SSSR count). The Morgan fingerprint density at radius 3 is 2.38 bits per heavy atom. The lowest BCUT2D eigenvalue weighted by atomic mass is 10.1. The predicted octanol–water partition coefficient (Wildman–Crippen LogP) is 2.78. The first-order valence-corrected chi connectivity index (χ1v) is 6.90. The van der Waals surface area contributed by atoms with E-state index in [1.807, 2.05) is 42.5 Å². The van der Waals surface area contributed by atoms with Gasteiger partial charge in [-0.15, -0.1) is 0 Å². The van der Waals surface area contributed by atoms with E-state index in [1.165, 1.54) is 0 Å². The molecule has 0 aliphatic rings. The molecule has 112 valence electrons. The molecule has 0 radical (unpaired) electrons. The average Bonchev–Trinajstić information content (AvgIpc) is 2.53. The Bertz CT molecular complexity index is 584. The third-order valence-corrected chi connectivity index (χ3v) is 3.24. The van der Waals surface area contributed by atoms with E-state index in [9.17, 15) is 0 Å². The van der Waals surface area contributed by atoms with Gasteiger partial charge in [0, 0.05) is 5.56 Å². The van der Waals surface area contributed by atoms with Crippen molar-refractivity contribution in [1.82, 2.24) is 0 Å². The van der Waals surface area contributed by atoms with Crippen molar-refractivity contribution in [3.63, 3.8) is 0 Å². The van der Waals surface area contributed by atoms with Crippen LogP contribution in [0.4, 0.5) is 0 Å². The number of ether oxygens (including phenoxy) is 3. The molecule has 4 heteroatoms. The highest BCUT2D eigenvalue weighted by Crippen LogP contribution is 2.30. The topological polar surface area (TPSA) is 53.7 Å². The fourth-order valence-electron chi connectivity index (χ4n) is 2.13. The molecule has 0 atom stereocenters. The molecule has 0 heterocycles. The summed E-state index contributed by atoms with van der Waals surface area (Å²) in [6, 6.07) is 13.7. The molecule has 4 nitrogen and oxygen atoms in total. The monoisotopic (exact) mass is 287 g/mol. The van der Waals surface area contributed by atoms with Crippen molar-refractivity contribution in [2.24, 2.45) is 5.73 Å². The zero-order valence-corrected chi connectivity index (χ0v) is 12.5. The van der Waals surface area contributed by atoms with Gasteiger partial charge in [0.25, 0.3) is 0 Å². The van der Waals surface area contributed by atoms with Gasteiger partial charge in [0.15, 0.2) is 11.5 Å². The van der Waals surface area contributed by atoms with Crippen LogP contribution in [0.5, 0.6) is 17.2 Å². The van der Waals surface area contributed by atoms with Crippen LogP contribution in [0, 0.1) is 0 Å². The van der Waals surface area contributed by atoms with E-state index in [1.54, 1.807) is 14.2 Å². The average molecular weight is 287 g/mol. The number of hydrogen-bond donors (Lipinski definition) is 1. The maximum Gasteiger partial charge on any atom is 0.161 e. The van der Waals surface area contributed by atoms with Crippen LogP contribution in [0.25, 0.3) is 0 Å². The van der Waals surface area contributed by atoms with Crippen molar-refractivity contribution >= 4 is 0 Å². The molecule has 2 aromatic rings. The third kappa shape index (κ3) is 3.89. The second-order valence-corrected chi connectivity index (χ2v) is 4.62. The molecule has 0 aromatic heterocycles. The molecule has 0 bridgehead atoms. The summed E-state index contributed by atoms with van der Waals surface area (Å²) >= 11 is 0. The second-order valence-electron chi connectivity index (χ2n) is 4.62. The molecule has 2 aromatic carbocycles. The quantitative estimate of drug-likeness (QED) is 0.851. The highest BCUT2D eigenvalue weighted by molar-refractivity contribution is 5.43. The molecule has 0 saturated heterocycles. The summed E-state index contributed by atoms with van der Waals surface area (Å²) in [5.74, 6) is 2.25. The van der Waals surface area contributed by atoms with E-state index in [0.29, 0.717) is 24.7 Å². The zero-order valence-electron chi connectivity index (χ0n) is 12.5. The van der Waals surface area contributed by atoms with E-state index in [4.69, 9.17) is 19.9 Å². The van der Waals surface area contributed by atoms with Gasteiger partial charge in [0.05, 0.1) is 14.2 Å². The number of methoxy groups -OCH3 is 2. The lowest BCUT2D eigenvalue weighted by molar-refractivity contribution is 0.278. The first-order valence-electron chi connectivity index (χ1n) is 6.90. The summed E-state index contributed by atoms with van der Waals surface area (Å²) in [6.45, 7) is 1.03. The fraction of sp³-hybridized carbons (Fsp3) is 0.294. The van der Waals surface area contributed by atoms with Crippen LogP contribution < -0.4 is 19.9 Å². The van der Waals surface area contributed by atoms with Gasteiger partial charge in [0.1, 0.15) is 12.4 Å². The minimum Gasteiger partial charge on any atom is -0.496 e. The van der Waals surface area contributed by atoms with Crippen molar-refractivity contribution in [1.29, 1.82) is 0 Å². The molecule has 0 amide bonds. The normalized spacial score (nSPS) is 10.2. The lowest BCUT2D eigenvalue weighted by Gasteiger charge is -2.13. The van der Waals surface area contributed by atoms with Crippen LogP contribution in [-0.2, 0) is 13.0 Å². The first-order chi connectivity index (χ1) is 10.3. The fourth-order valence-corrected chi connectivity index (χ4v) is 2.13. The smallest absolute Gasteiger partial charge is 0.161 e. The Hall–Kier alpha value is -2.20. The van der Waals surface area contributed by atoms with Crippen LogP contribution in [0.3, 0.4) is 0 Å². The van der Waals surface area contributed by atoms with Crippen molar-refractivity contribution < 1.29 is 14.2 Å². The van der Waals surface area contributed by atoms with Crippen LogP contribution >= 0.6 is 0 Å². The van der Waals surface area contributed by atoms with E-state index < -0.39 is 0 Å². The van der Waals surface area contributed by atoms with Gasteiger partial charge in [0.2, 0.25) is 0 Å². The molecule has 0 saturated carbocycles. The van der Waals surface area contributed by atoms with Crippen molar-refractivity contribution in [2.45, 2.75) is 13.0 Å². The first kappa shape index (κ1) is 15.2. The molecule has 21 heavy (non-hydrogen) atoms. The number of rotatable bonds is 7. The number of para-hydroxylation sites is 1. The molecular weight excluding hydrogens is 266 g/mol. The number of hydrogen-bond acceptors (Lipinski definition) is 4. The molecule has 2 N–H and O–H groups in total. The van der Waals surface area contributed by atoms with Gasteiger partial charge in [-0.25, -0.2) is 0 Å². The van der Waals surface area contributed by atoms with E-state index in [-0.39, 0.29) is 0 Å². The Labute approximate surface area is 125 Å². The highest BCUT2D eigenvalue weighted by atomic mass is 16.5. The van der Waals surface area contributed by atoms with Crippen LogP contribution in [-0.4, -0.2) is 20.8 Å². The van der Waals surface area contributed by atoms with Crippen molar-refractivity contribution in [3.05, 3.63) is 53.6 Å². The summed E-state index contributed by atoms with van der Waals surface area (Å²) in [7, 11) is 3.29. The Kier molecular flexibility index (Phi) is 5.46. The molecular formula is C17H21NO3. The molecule has 0 aliphatic heterocycles. The molecule has 0 spiro atoms. The summed E-state index contributed by atoms with van der Waals surface area (Å²) < 4.78 is 16.6. The summed E-state index contributed by atoms with van der Waals surface area (Å²) in [6.07, 6.45) is 0.814. The maximum atomic E-state index is 5.90. The number of nitrogens with two attached hydrogens (primary N) is 1. The second kappa shape index (κ2) is 7.55. The summed E-state index contributed by atoms with van der Waals surface area (Å²) in [5, 5.41) is 0. The standard InChI is InChI=1S/C17H21NO3/c1-19-15-6-4-3-5-14(15)12-21-17-11-13(9-10-18)7-8-16(17)20-2/h3-8,11H,9-10,12,18H2,1-2H3. The Morgan fingerprint density at radius 1 is 0.905 bits per heavy atom. The summed E-state index contributed by atoms with van der Waals surface area (Å²) in [4.78, 5) is 0. The van der Waals surface area contributed by atoms with E-state index in [2.05, 4.69) is 0 Å². The molecule has 0 aliphatic carbocycles. The lowest BCUT2D eigenvalue weighted by Crippen LogP contribution is -2.04. The van der Waals surface area contributed by atoms with Crippen LogP contribution in [0.1, 0.15) is 11.1 Å². The Balaban J connectivity index is 2.16. The van der Waals surface area contributed by atoms with Crippen LogP contribution in [0.2, 0.25) is 0 Å². The molecule has 0 fully saturated rings. The number of benzene rings is 2. The zero-order chi connectivity index (χ0) is 15.1. The summed E-state index contributed by atoms with van der Waals surface area (Å²) in [5.41, 5.74) is 7.72. The predicted molar refractivity (Wildman–Crippen MR) is 83.1 cm³/mol. The highest BCUT2D eigenvalue weighted by Gasteiger charge is 2.08. The van der Waals surface area contributed by atoms with Gasteiger partial charge in [-0.1, -0.05) is 24.3 Å². The van der Waals surface area contributed by atoms with Gasteiger partial charge >= 0.3 is 0 Å². The van der Waals surface area contributed by atoms with Gasteiger partial charge in [-0.2, -0.15) is 0 Å². The molecule has 0 unspecified atom stereocenters. The third-order valence-electron chi connectivity index (χ3n) is 3.24. The van der Waals surface area contributed by atoms with Crippen molar-refractivity contribution in [2.75, 3.05) is 20.8 Å². The maximum absolute atomic E-state index is 5.90. The van der Waals surface area contributed by atoms with Crippen LogP contribution in [0.15, 0.2) is 42.5 Å². The van der Waals surface area contributed by atoms with Gasteiger partial charge in [-0.3, -0.25) is 0 Å². The van der Waals surface area contributed by atoms with Gasteiger partial charge in [-0.05, 0) is 36.7 Å². The minimum atomic E-state index is 0.423. The van der Waals surface area contributed by atoms with E-state index >= 15 is 0 Å². The van der Waals surface area contributed by atoms with Crippen molar-refractivity contribution in [3.8, 4) is 17.2 Å². The van der Waals surface area contributed by atoms with Gasteiger partial charge < -0.3 is 19.9 Å². The SMILES string of the molecule is COc1ccccc1COc1cc(CCN)ccc1OC. The largest absolute Gasteiger partial charge is 0.496 e. The minimum absolute atomic E-state index is 0.423.